The normalized spacial score (nSPS) is 11.4. The number of halogens is 5. The highest BCUT2D eigenvalue weighted by molar-refractivity contribution is 6.31. The van der Waals surface area contributed by atoms with E-state index in [0.29, 0.717) is 6.07 Å². The summed E-state index contributed by atoms with van der Waals surface area (Å²) >= 11 is 5.57. The lowest BCUT2D eigenvalue weighted by molar-refractivity contribution is -0.0522. The second-order valence-electron chi connectivity index (χ2n) is 6.19. The van der Waals surface area contributed by atoms with Gasteiger partial charge in [-0.15, -0.1) is 0 Å². The van der Waals surface area contributed by atoms with E-state index in [-0.39, 0.29) is 6.61 Å². The Balaban J connectivity index is 2.37. The van der Waals surface area contributed by atoms with Crippen LogP contribution in [0.1, 0.15) is 24.2 Å². The summed E-state index contributed by atoms with van der Waals surface area (Å²) in [7, 11) is 0. The second kappa shape index (κ2) is 8.12. The molecular weight excluding hydrogens is 392 g/mol. The van der Waals surface area contributed by atoms with Gasteiger partial charge in [-0.25, -0.2) is 23.0 Å². The van der Waals surface area contributed by atoms with E-state index < -0.39 is 56.7 Å². The van der Waals surface area contributed by atoms with Gasteiger partial charge in [-0.05, 0) is 32.0 Å². The standard InChI is InChI=1S/C17H15ClF4N2O3/c1-17(2,26)7-27-24-16(25)9-6-10(18)13(21)14(22)15(9)23-12-4-3-8(19)5-11(12)20/h3-6,23,26H,7H2,1-2H3,(H,24,25). The first-order valence-corrected chi connectivity index (χ1v) is 7.91. The van der Waals surface area contributed by atoms with Crippen molar-refractivity contribution in [2.45, 2.75) is 19.4 Å². The van der Waals surface area contributed by atoms with Crippen LogP contribution in [0, 0.1) is 23.3 Å². The van der Waals surface area contributed by atoms with Gasteiger partial charge in [0.1, 0.15) is 18.2 Å². The molecular formula is C17H15ClF4N2O3. The topological polar surface area (TPSA) is 70.6 Å². The van der Waals surface area contributed by atoms with Gasteiger partial charge in [-0.1, -0.05) is 11.6 Å². The first kappa shape index (κ1) is 20.9. The van der Waals surface area contributed by atoms with Gasteiger partial charge in [0.2, 0.25) is 0 Å². The average Bonchev–Trinajstić information content (AvgIpc) is 2.55. The third-order valence-electron chi connectivity index (χ3n) is 3.19. The lowest BCUT2D eigenvalue weighted by atomic mass is 10.1. The van der Waals surface area contributed by atoms with E-state index in [2.05, 4.69) is 5.32 Å². The average molecular weight is 407 g/mol. The van der Waals surface area contributed by atoms with Crippen molar-refractivity contribution < 1.29 is 32.3 Å². The minimum Gasteiger partial charge on any atom is -0.388 e. The highest BCUT2D eigenvalue weighted by Gasteiger charge is 2.24. The van der Waals surface area contributed by atoms with Crippen molar-refractivity contribution in [2.24, 2.45) is 0 Å². The third kappa shape index (κ3) is 5.31. The van der Waals surface area contributed by atoms with Crippen molar-refractivity contribution in [1.29, 1.82) is 0 Å². The fourth-order valence-electron chi connectivity index (χ4n) is 1.96. The molecule has 1 amide bonds. The number of hydrogen-bond donors (Lipinski definition) is 3. The molecule has 10 heteroatoms. The SMILES string of the molecule is CC(C)(O)CONC(=O)c1cc(Cl)c(F)c(F)c1Nc1ccc(F)cc1F. The van der Waals surface area contributed by atoms with Crippen LogP contribution in [0.3, 0.4) is 0 Å². The van der Waals surface area contributed by atoms with E-state index in [1.165, 1.54) is 13.8 Å². The summed E-state index contributed by atoms with van der Waals surface area (Å²) in [4.78, 5) is 17.0. The molecule has 0 saturated carbocycles. The molecule has 5 nitrogen and oxygen atoms in total. The first-order chi connectivity index (χ1) is 12.5. The van der Waals surface area contributed by atoms with Gasteiger partial charge in [0.15, 0.2) is 11.6 Å². The van der Waals surface area contributed by atoms with Crippen LogP contribution in [0.5, 0.6) is 0 Å². The molecule has 27 heavy (non-hydrogen) atoms. The summed E-state index contributed by atoms with van der Waals surface area (Å²) in [6.45, 7) is 2.53. The monoisotopic (exact) mass is 406 g/mol. The van der Waals surface area contributed by atoms with E-state index in [4.69, 9.17) is 16.4 Å². The predicted molar refractivity (Wildman–Crippen MR) is 90.7 cm³/mol. The maximum absolute atomic E-state index is 14.3. The number of hydrogen-bond acceptors (Lipinski definition) is 4. The van der Waals surface area contributed by atoms with E-state index >= 15 is 0 Å². The molecule has 0 unspecified atom stereocenters. The van der Waals surface area contributed by atoms with Gasteiger partial charge in [0.25, 0.3) is 5.91 Å². The molecule has 0 radical (unpaired) electrons. The first-order valence-electron chi connectivity index (χ1n) is 7.53. The number of aliphatic hydroxyl groups is 1. The molecule has 146 valence electrons. The van der Waals surface area contributed by atoms with Crippen LogP contribution < -0.4 is 10.8 Å². The zero-order chi connectivity index (χ0) is 20.4. The number of amides is 1. The number of rotatable bonds is 6. The summed E-state index contributed by atoms with van der Waals surface area (Å²) in [5.74, 6) is -6.01. The lowest BCUT2D eigenvalue weighted by Crippen LogP contribution is -2.33. The number of nitrogens with one attached hydrogen (secondary N) is 2. The summed E-state index contributed by atoms with van der Waals surface area (Å²) in [5.41, 5.74) is -0.959. The maximum atomic E-state index is 14.3. The molecule has 0 fully saturated rings. The van der Waals surface area contributed by atoms with E-state index in [0.717, 1.165) is 18.2 Å². The molecule has 2 aromatic rings. The number of carbonyl (C=O) groups is 1. The van der Waals surface area contributed by atoms with Crippen molar-refractivity contribution in [2.75, 3.05) is 11.9 Å². The van der Waals surface area contributed by atoms with Crippen molar-refractivity contribution in [3.8, 4) is 0 Å². The van der Waals surface area contributed by atoms with Gasteiger partial charge in [0, 0.05) is 6.07 Å². The molecule has 0 aliphatic rings. The fraction of sp³-hybridized carbons (Fsp3) is 0.235. The molecule has 0 aromatic heterocycles. The number of hydroxylamine groups is 1. The summed E-state index contributed by atoms with van der Waals surface area (Å²) < 4.78 is 54.9. The number of benzene rings is 2. The van der Waals surface area contributed by atoms with Crippen molar-refractivity contribution in [3.63, 3.8) is 0 Å². The number of carbonyl (C=O) groups excluding carboxylic acids is 1. The molecule has 0 spiro atoms. The molecule has 0 atom stereocenters. The largest absolute Gasteiger partial charge is 0.388 e. The molecule has 2 aromatic carbocycles. The van der Waals surface area contributed by atoms with E-state index in [1.54, 1.807) is 0 Å². The van der Waals surface area contributed by atoms with Crippen molar-refractivity contribution in [3.05, 3.63) is 58.1 Å². The lowest BCUT2D eigenvalue weighted by Gasteiger charge is -2.18. The van der Waals surface area contributed by atoms with Gasteiger partial charge >= 0.3 is 0 Å². The molecule has 0 aliphatic carbocycles. The Morgan fingerprint density at radius 2 is 1.85 bits per heavy atom. The van der Waals surface area contributed by atoms with Gasteiger partial charge in [-0.2, -0.15) is 0 Å². The zero-order valence-corrected chi connectivity index (χ0v) is 14.9. The molecule has 0 heterocycles. The molecule has 0 saturated heterocycles. The van der Waals surface area contributed by atoms with E-state index in [1.807, 2.05) is 5.48 Å². The quantitative estimate of drug-likeness (QED) is 0.384. The second-order valence-corrected chi connectivity index (χ2v) is 6.60. The van der Waals surface area contributed by atoms with Crippen LogP contribution in [0.15, 0.2) is 24.3 Å². The Morgan fingerprint density at radius 3 is 2.44 bits per heavy atom. The highest BCUT2D eigenvalue weighted by Crippen LogP contribution is 2.32. The Labute approximate surface area is 156 Å². The summed E-state index contributed by atoms with van der Waals surface area (Å²) in [5, 5.41) is 11.1. The predicted octanol–water partition coefficient (Wildman–Crippen LogP) is 4.07. The minimum atomic E-state index is -1.54. The van der Waals surface area contributed by atoms with Crippen molar-refractivity contribution in [1.82, 2.24) is 5.48 Å². The van der Waals surface area contributed by atoms with Gasteiger partial charge < -0.3 is 10.4 Å². The highest BCUT2D eigenvalue weighted by atomic mass is 35.5. The van der Waals surface area contributed by atoms with Crippen LogP contribution in [0.2, 0.25) is 5.02 Å². The smallest absolute Gasteiger partial charge is 0.277 e. The summed E-state index contributed by atoms with van der Waals surface area (Å²) in [6, 6.07) is 3.18. The molecule has 3 N–H and O–H groups in total. The Bertz CT molecular complexity index is 872. The van der Waals surface area contributed by atoms with Gasteiger partial charge in [0.05, 0.1) is 27.6 Å². The Morgan fingerprint density at radius 1 is 1.19 bits per heavy atom. The molecule has 0 aliphatic heterocycles. The van der Waals surface area contributed by atoms with Crippen LogP contribution in [0.4, 0.5) is 28.9 Å². The summed E-state index contributed by atoms with van der Waals surface area (Å²) in [6.07, 6.45) is 0. The van der Waals surface area contributed by atoms with Crippen LogP contribution in [0.25, 0.3) is 0 Å². The minimum absolute atomic E-state index is 0.300. The molecule has 0 bridgehead atoms. The zero-order valence-electron chi connectivity index (χ0n) is 14.2. The van der Waals surface area contributed by atoms with Crippen LogP contribution >= 0.6 is 11.6 Å². The van der Waals surface area contributed by atoms with E-state index in [9.17, 15) is 27.5 Å². The number of anilines is 2. The Hall–Kier alpha value is -2.36. The molecule has 2 rings (SSSR count). The Kier molecular flexibility index (Phi) is 6.30. The van der Waals surface area contributed by atoms with Crippen molar-refractivity contribution >= 4 is 28.9 Å². The van der Waals surface area contributed by atoms with Crippen LogP contribution in [-0.2, 0) is 4.84 Å². The third-order valence-corrected chi connectivity index (χ3v) is 3.46. The van der Waals surface area contributed by atoms with Crippen LogP contribution in [-0.4, -0.2) is 23.2 Å². The van der Waals surface area contributed by atoms with Gasteiger partial charge in [-0.3, -0.25) is 9.63 Å². The fourth-order valence-corrected chi connectivity index (χ4v) is 2.15. The maximum Gasteiger partial charge on any atom is 0.277 e.